The first-order valence-corrected chi connectivity index (χ1v) is 4.10. The summed E-state index contributed by atoms with van der Waals surface area (Å²) < 4.78 is 9.89. The standard InChI is InChI=1S/C9H14O3/c1-6(2)7-4-5-8(12-7)9(10)11-3/h5-7H,4H2,1-3H3. The molecule has 1 atom stereocenters. The van der Waals surface area contributed by atoms with Gasteiger partial charge in [-0.3, -0.25) is 0 Å². The maximum absolute atomic E-state index is 11.0. The summed E-state index contributed by atoms with van der Waals surface area (Å²) in [6.45, 7) is 4.14. The average molecular weight is 170 g/mol. The molecule has 0 saturated carbocycles. The highest BCUT2D eigenvalue weighted by atomic mass is 16.6. The van der Waals surface area contributed by atoms with Crippen molar-refractivity contribution in [1.29, 1.82) is 0 Å². The predicted octanol–water partition coefficient (Wildman–Crippen LogP) is 1.49. The van der Waals surface area contributed by atoms with E-state index in [1.54, 1.807) is 6.08 Å². The van der Waals surface area contributed by atoms with Crippen LogP contribution in [0.25, 0.3) is 0 Å². The van der Waals surface area contributed by atoms with Gasteiger partial charge in [0.15, 0.2) is 0 Å². The number of carbonyl (C=O) groups is 1. The lowest BCUT2D eigenvalue weighted by molar-refractivity contribution is -0.140. The number of methoxy groups -OCH3 is 1. The summed E-state index contributed by atoms with van der Waals surface area (Å²) in [4.78, 5) is 11.0. The molecule has 0 bridgehead atoms. The van der Waals surface area contributed by atoms with Gasteiger partial charge in [-0.2, -0.15) is 0 Å². The molecule has 0 amide bonds. The lowest BCUT2D eigenvalue weighted by atomic mass is 10.1. The zero-order chi connectivity index (χ0) is 9.14. The molecule has 1 rings (SSSR count). The molecule has 1 aliphatic rings. The molecule has 1 aliphatic heterocycles. The van der Waals surface area contributed by atoms with E-state index in [0.29, 0.717) is 11.7 Å². The second-order valence-corrected chi connectivity index (χ2v) is 3.20. The van der Waals surface area contributed by atoms with Crippen LogP contribution in [0.1, 0.15) is 20.3 Å². The smallest absolute Gasteiger partial charge is 0.372 e. The van der Waals surface area contributed by atoms with Gasteiger partial charge in [-0.1, -0.05) is 13.8 Å². The van der Waals surface area contributed by atoms with E-state index in [-0.39, 0.29) is 12.1 Å². The highest BCUT2D eigenvalue weighted by Gasteiger charge is 2.25. The van der Waals surface area contributed by atoms with Crippen molar-refractivity contribution < 1.29 is 14.3 Å². The second-order valence-electron chi connectivity index (χ2n) is 3.20. The summed E-state index contributed by atoms with van der Waals surface area (Å²) in [7, 11) is 1.36. The summed E-state index contributed by atoms with van der Waals surface area (Å²) in [5.41, 5.74) is 0. The van der Waals surface area contributed by atoms with E-state index < -0.39 is 0 Å². The summed E-state index contributed by atoms with van der Waals surface area (Å²) in [5, 5.41) is 0. The second kappa shape index (κ2) is 3.61. The van der Waals surface area contributed by atoms with E-state index in [4.69, 9.17) is 4.74 Å². The van der Waals surface area contributed by atoms with Gasteiger partial charge in [0.2, 0.25) is 5.76 Å². The van der Waals surface area contributed by atoms with E-state index in [1.807, 2.05) is 0 Å². The fourth-order valence-electron chi connectivity index (χ4n) is 1.12. The number of hydrogen-bond acceptors (Lipinski definition) is 3. The van der Waals surface area contributed by atoms with Crippen molar-refractivity contribution in [3.05, 3.63) is 11.8 Å². The molecule has 0 aromatic carbocycles. The quantitative estimate of drug-likeness (QED) is 0.589. The zero-order valence-electron chi connectivity index (χ0n) is 7.66. The van der Waals surface area contributed by atoms with Crippen molar-refractivity contribution in [3.8, 4) is 0 Å². The Morgan fingerprint density at radius 1 is 1.75 bits per heavy atom. The molecule has 0 aromatic rings. The van der Waals surface area contributed by atoms with Crippen LogP contribution in [0.15, 0.2) is 11.8 Å². The number of esters is 1. The van der Waals surface area contributed by atoms with Crippen LogP contribution in [-0.4, -0.2) is 19.2 Å². The third-order valence-corrected chi connectivity index (χ3v) is 1.94. The first kappa shape index (κ1) is 9.10. The average Bonchev–Trinajstić information content (AvgIpc) is 2.51. The maximum Gasteiger partial charge on any atom is 0.372 e. The number of hydrogen-bond donors (Lipinski definition) is 0. The lowest BCUT2D eigenvalue weighted by Gasteiger charge is -2.15. The van der Waals surface area contributed by atoms with Gasteiger partial charge in [-0.15, -0.1) is 0 Å². The van der Waals surface area contributed by atoms with Crippen LogP contribution in [0.2, 0.25) is 0 Å². The molecule has 3 nitrogen and oxygen atoms in total. The molecule has 0 N–H and O–H groups in total. The Labute approximate surface area is 72.4 Å². The highest BCUT2D eigenvalue weighted by molar-refractivity contribution is 5.86. The van der Waals surface area contributed by atoms with Crippen LogP contribution >= 0.6 is 0 Å². The van der Waals surface area contributed by atoms with Crippen LogP contribution in [0.5, 0.6) is 0 Å². The maximum atomic E-state index is 11.0. The fraction of sp³-hybridized carbons (Fsp3) is 0.667. The van der Waals surface area contributed by atoms with Gasteiger partial charge in [0.1, 0.15) is 6.10 Å². The van der Waals surface area contributed by atoms with Gasteiger partial charge in [0.05, 0.1) is 7.11 Å². The molecule has 68 valence electrons. The molecular formula is C9H14O3. The van der Waals surface area contributed by atoms with Crippen LogP contribution in [-0.2, 0) is 14.3 Å². The SMILES string of the molecule is COC(=O)C1=CCC(C(C)C)O1. The molecule has 12 heavy (non-hydrogen) atoms. The third kappa shape index (κ3) is 1.78. The van der Waals surface area contributed by atoms with Gasteiger partial charge >= 0.3 is 5.97 Å². The van der Waals surface area contributed by atoms with Crippen molar-refractivity contribution in [3.63, 3.8) is 0 Å². The van der Waals surface area contributed by atoms with E-state index in [2.05, 4.69) is 18.6 Å². The molecule has 0 aliphatic carbocycles. The highest BCUT2D eigenvalue weighted by Crippen LogP contribution is 2.23. The zero-order valence-corrected chi connectivity index (χ0v) is 7.66. The van der Waals surface area contributed by atoms with Crippen LogP contribution in [0.3, 0.4) is 0 Å². The van der Waals surface area contributed by atoms with Crippen LogP contribution in [0, 0.1) is 5.92 Å². The predicted molar refractivity (Wildman–Crippen MR) is 44.4 cm³/mol. The van der Waals surface area contributed by atoms with Gasteiger partial charge < -0.3 is 9.47 Å². The minimum absolute atomic E-state index is 0.138. The molecule has 0 spiro atoms. The lowest BCUT2D eigenvalue weighted by Crippen LogP contribution is -2.16. The van der Waals surface area contributed by atoms with E-state index in [0.717, 1.165) is 6.42 Å². The van der Waals surface area contributed by atoms with Crippen molar-refractivity contribution >= 4 is 5.97 Å². The van der Waals surface area contributed by atoms with Gasteiger partial charge in [0, 0.05) is 6.42 Å². The number of ether oxygens (including phenoxy) is 2. The Bertz CT molecular complexity index is 206. The van der Waals surface area contributed by atoms with Crippen LogP contribution < -0.4 is 0 Å². The van der Waals surface area contributed by atoms with E-state index >= 15 is 0 Å². The molecular weight excluding hydrogens is 156 g/mol. The number of carbonyl (C=O) groups excluding carboxylic acids is 1. The van der Waals surface area contributed by atoms with E-state index in [9.17, 15) is 4.79 Å². The van der Waals surface area contributed by atoms with Crippen molar-refractivity contribution in [2.45, 2.75) is 26.4 Å². The first-order chi connectivity index (χ1) is 5.65. The Kier molecular flexibility index (Phi) is 2.74. The van der Waals surface area contributed by atoms with Gasteiger partial charge in [-0.25, -0.2) is 4.79 Å². The molecule has 0 fully saturated rings. The van der Waals surface area contributed by atoms with Crippen molar-refractivity contribution in [1.82, 2.24) is 0 Å². The summed E-state index contributed by atoms with van der Waals surface area (Å²) in [6.07, 6.45) is 2.73. The Morgan fingerprint density at radius 3 is 2.83 bits per heavy atom. The summed E-state index contributed by atoms with van der Waals surface area (Å²) in [5.74, 6) is 0.415. The molecule has 0 saturated heterocycles. The Morgan fingerprint density at radius 2 is 2.42 bits per heavy atom. The molecule has 3 heteroatoms. The molecule has 0 radical (unpaired) electrons. The topological polar surface area (TPSA) is 35.5 Å². The monoisotopic (exact) mass is 170 g/mol. The van der Waals surface area contributed by atoms with Gasteiger partial charge in [-0.05, 0) is 12.0 Å². The molecule has 1 heterocycles. The largest absolute Gasteiger partial charge is 0.483 e. The summed E-state index contributed by atoms with van der Waals surface area (Å²) in [6, 6.07) is 0. The fourth-order valence-corrected chi connectivity index (χ4v) is 1.12. The van der Waals surface area contributed by atoms with Gasteiger partial charge in [0.25, 0.3) is 0 Å². The first-order valence-electron chi connectivity index (χ1n) is 4.10. The minimum Gasteiger partial charge on any atom is -0.483 e. The third-order valence-electron chi connectivity index (χ3n) is 1.94. The Balaban J connectivity index is 2.48. The Hall–Kier alpha value is -0.990. The minimum atomic E-state index is -0.377. The van der Waals surface area contributed by atoms with E-state index in [1.165, 1.54) is 7.11 Å². The number of rotatable bonds is 2. The van der Waals surface area contributed by atoms with Crippen molar-refractivity contribution in [2.75, 3.05) is 7.11 Å². The van der Waals surface area contributed by atoms with Crippen LogP contribution in [0.4, 0.5) is 0 Å². The summed E-state index contributed by atoms with van der Waals surface area (Å²) >= 11 is 0. The molecule has 1 unspecified atom stereocenters. The normalized spacial score (nSPS) is 22.0. The van der Waals surface area contributed by atoms with Crippen molar-refractivity contribution in [2.24, 2.45) is 5.92 Å². The molecule has 0 aromatic heterocycles.